The van der Waals surface area contributed by atoms with Crippen LogP contribution in [0, 0.1) is 11.2 Å². The van der Waals surface area contributed by atoms with E-state index in [0.717, 1.165) is 22.2 Å². The van der Waals surface area contributed by atoms with Gasteiger partial charge in [-0.15, -0.1) is 0 Å². The quantitative estimate of drug-likeness (QED) is 0.578. The molecule has 2 aliphatic rings. The molecule has 1 amide bonds. The molecule has 2 aromatic rings. The maximum absolute atomic E-state index is 14.2. The Labute approximate surface area is 189 Å². The number of Topliss-reactive ketones (excluding diaryl/α,β-unsaturated/α-hetero) is 1. The molecule has 1 heterocycles. The van der Waals surface area contributed by atoms with E-state index < -0.39 is 17.6 Å². The van der Waals surface area contributed by atoms with Gasteiger partial charge < -0.3 is 10.6 Å². The van der Waals surface area contributed by atoms with Gasteiger partial charge in [0.2, 0.25) is 0 Å². The van der Waals surface area contributed by atoms with E-state index in [1.54, 1.807) is 12.1 Å². The van der Waals surface area contributed by atoms with Crippen LogP contribution in [0.4, 0.5) is 10.1 Å². The predicted octanol–water partition coefficient (Wildman–Crippen LogP) is 5.83. The van der Waals surface area contributed by atoms with Crippen LogP contribution in [0.25, 0.3) is 0 Å². The summed E-state index contributed by atoms with van der Waals surface area (Å²) in [6.45, 7) is 5.98. The minimum absolute atomic E-state index is 0.0346. The molecular weight excluding hydrogens is 459 g/mol. The van der Waals surface area contributed by atoms with Crippen molar-refractivity contribution in [1.29, 1.82) is 0 Å². The number of allylic oxidation sites excluding steroid dienone is 3. The molecule has 4 rings (SSSR count). The Balaban J connectivity index is 1.83. The first-order valence-electron chi connectivity index (χ1n) is 10.2. The van der Waals surface area contributed by atoms with Gasteiger partial charge in [-0.2, -0.15) is 0 Å². The molecular formula is C25H24BrFN2O2. The molecule has 0 unspecified atom stereocenters. The van der Waals surface area contributed by atoms with Crippen molar-refractivity contribution in [2.75, 3.05) is 5.32 Å². The van der Waals surface area contributed by atoms with Crippen LogP contribution in [0.2, 0.25) is 0 Å². The molecule has 2 aromatic carbocycles. The van der Waals surface area contributed by atoms with Crippen LogP contribution in [0.5, 0.6) is 0 Å². The number of carbonyl (C=O) groups excluding carboxylic acids is 2. The Morgan fingerprint density at radius 2 is 1.90 bits per heavy atom. The van der Waals surface area contributed by atoms with Crippen molar-refractivity contribution >= 4 is 33.3 Å². The normalized spacial score (nSPS) is 20.3. The third-order valence-corrected chi connectivity index (χ3v) is 6.28. The van der Waals surface area contributed by atoms with Gasteiger partial charge in [-0.25, -0.2) is 4.39 Å². The summed E-state index contributed by atoms with van der Waals surface area (Å²) < 4.78 is 15.0. The van der Waals surface area contributed by atoms with Crippen molar-refractivity contribution in [2.45, 2.75) is 39.5 Å². The van der Waals surface area contributed by atoms with Gasteiger partial charge in [-0.1, -0.05) is 54.0 Å². The van der Waals surface area contributed by atoms with Gasteiger partial charge in [0, 0.05) is 39.4 Å². The molecule has 6 heteroatoms. The second-order valence-corrected chi connectivity index (χ2v) is 9.83. The van der Waals surface area contributed by atoms with Crippen LogP contribution in [0.15, 0.2) is 75.5 Å². The first-order chi connectivity index (χ1) is 14.7. The zero-order valence-corrected chi connectivity index (χ0v) is 19.3. The molecule has 0 saturated carbocycles. The summed E-state index contributed by atoms with van der Waals surface area (Å²) >= 11 is 3.50. The van der Waals surface area contributed by atoms with Crippen LogP contribution in [0.1, 0.15) is 45.1 Å². The topological polar surface area (TPSA) is 58.2 Å². The van der Waals surface area contributed by atoms with Crippen LogP contribution < -0.4 is 10.6 Å². The smallest absolute Gasteiger partial charge is 0.254 e. The maximum atomic E-state index is 14.2. The van der Waals surface area contributed by atoms with E-state index >= 15 is 0 Å². The Bertz CT molecular complexity index is 1150. The summed E-state index contributed by atoms with van der Waals surface area (Å²) in [6, 6.07) is 13.7. The zero-order valence-electron chi connectivity index (χ0n) is 17.7. The van der Waals surface area contributed by atoms with Crippen molar-refractivity contribution < 1.29 is 14.0 Å². The summed E-state index contributed by atoms with van der Waals surface area (Å²) in [4.78, 5) is 26.7. The highest BCUT2D eigenvalue weighted by Gasteiger charge is 2.42. The van der Waals surface area contributed by atoms with Crippen molar-refractivity contribution in [3.05, 3.63) is 86.9 Å². The summed E-state index contributed by atoms with van der Waals surface area (Å²) in [7, 11) is 0. The molecule has 0 bridgehead atoms. The number of dihydropyridines is 1. The Hall–Kier alpha value is -2.73. The highest BCUT2D eigenvalue weighted by atomic mass is 79.9. The number of amides is 1. The minimum Gasteiger partial charge on any atom is -0.362 e. The number of hydrogen-bond acceptors (Lipinski definition) is 3. The molecule has 1 aliphatic heterocycles. The second kappa shape index (κ2) is 8.08. The van der Waals surface area contributed by atoms with Crippen LogP contribution in [-0.4, -0.2) is 11.7 Å². The number of halogens is 2. The first kappa shape index (κ1) is 21.5. The van der Waals surface area contributed by atoms with Crippen LogP contribution in [-0.2, 0) is 9.59 Å². The Morgan fingerprint density at radius 1 is 1.16 bits per heavy atom. The first-order valence-corrected chi connectivity index (χ1v) is 11.0. The van der Waals surface area contributed by atoms with Gasteiger partial charge in [0.15, 0.2) is 5.78 Å². The monoisotopic (exact) mass is 482 g/mol. The zero-order chi connectivity index (χ0) is 22.3. The van der Waals surface area contributed by atoms with Crippen molar-refractivity contribution in [1.82, 2.24) is 5.32 Å². The number of nitrogens with one attached hydrogen (secondary N) is 2. The van der Waals surface area contributed by atoms with Gasteiger partial charge in [-0.3, -0.25) is 9.59 Å². The predicted molar refractivity (Wildman–Crippen MR) is 123 cm³/mol. The van der Waals surface area contributed by atoms with Gasteiger partial charge in [-0.05, 0) is 48.6 Å². The Kier molecular flexibility index (Phi) is 5.60. The molecule has 31 heavy (non-hydrogen) atoms. The third-order valence-electron chi connectivity index (χ3n) is 5.79. The fraction of sp³-hybridized carbons (Fsp3) is 0.280. The highest BCUT2D eigenvalue weighted by molar-refractivity contribution is 9.10. The average Bonchev–Trinajstić information content (AvgIpc) is 2.67. The Morgan fingerprint density at radius 3 is 2.61 bits per heavy atom. The summed E-state index contributed by atoms with van der Waals surface area (Å²) in [5.74, 6) is -1.42. The minimum atomic E-state index is -0.524. The molecule has 2 N–H and O–H groups in total. The lowest BCUT2D eigenvalue weighted by Crippen LogP contribution is -2.39. The van der Waals surface area contributed by atoms with Gasteiger partial charge in [0.25, 0.3) is 5.91 Å². The van der Waals surface area contributed by atoms with E-state index in [1.165, 1.54) is 12.1 Å². The van der Waals surface area contributed by atoms with E-state index in [2.05, 4.69) is 40.4 Å². The average molecular weight is 483 g/mol. The number of carbonyl (C=O) groups is 2. The van der Waals surface area contributed by atoms with E-state index in [9.17, 15) is 14.0 Å². The molecule has 1 atom stereocenters. The number of rotatable bonds is 3. The lowest BCUT2D eigenvalue weighted by atomic mass is 9.68. The van der Waals surface area contributed by atoms with Crippen molar-refractivity contribution in [2.24, 2.45) is 5.41 Å². The molecule has 1 aliphatic carbocycles. The summed E-state index contributed by atoms with van der Waals surface area (Å²) in [5, 5.41) is 6.02. The lowest BCUT2D eigenvalue weighted by Gasteiger charge is -2.39. The molecule has 0 fully saturated rings. The molecule has 0 aromatic heterocycles. The van der Waals surface area contributed by atoms with E-state index in [4.69, 9.17) is 0 Å². The van der Waals surface area contributed by atoms with E-state index in [-0.39, 0.29) is 16.9 Å². The van der Waals surface area contributed by atoms with Crippen LogP contribution >= 0.6 is 15.9 Å². The molecule has 0 saturated heterocycles. The molecule has 0 spiro atoms. The second-order valence-electron chi connectivity index (χ2n) is 8.92. The maximum Gasteiger partial charge on any atom is 0.254 e. The van der Waals surface area contributed by atoms with Crippen LogP contribution in [0.3, 0.4) is 0 Å². The molecule has 0 radical (unpaired) electrons. The van der Waals surface area contributed by atoms with Crippen molar-refractivity contribution in [3.8, 4) is 0 Å². The fourth-order valence-corrected chi connectivity index (χ4v) is 4.93. The summed E-state index contributed by atoms with van der Waals surface area (Å²) in [6.07, 6.45) is 1.14. The SMILES string of the molecule is CC1=C(C(=O)Nc2ccccc2F)[C@H](c2cccc(Br)c2)C2=C(CC(C)(C)CC2=O)N1. The molecule has 4 nitrogen and oxygen atoms in total. The summed E-state index contributed by atoms with van der Waals surface area (Å²) in [5.41, 5.74) is 3.38. The van der Waals surface area contributed by atoms with Gasteiger partial charge in [0.1, 0.15) is 5.82 Å². The standard InChI is InChI=1S/C25H24BrFN2O2/c1-14-21(24(31)29-18-10-5-4-9-17(18)27)22(15-7-6-8-16(26)11-15)23-19(28-14)12-25(2,3)13-20(23)30/h4-11,22,28H,12-13H2,1-3H3,(H,29,31)/t22-/m0/s1. The third kappa shape index (κ3) is 4.22. The number of anilines is 1. The van der Waals surface area contributed by atoms with Crippen molar-refractivity contribution in [3.63, 3.8) is 0 Å². The van der Waals surface area contributed by atoms with Gasteiger partial charge in [0.05, 0.1) is 5.69 Å². The largest absolute Gasteiger partial charge is 0.362 e. The van der Waals surface area contributed by atoms with Gasteiger partial charge >= 0.3 is 0 Å². The molecule has 160 valence electrons. The number of hydrogen-bond donors (Lipinski definition) is 2. The van der Waals surface area contributed by atoms with E-state index in [0.29, 0.717) is 23.3 Å². The lowest BCUT2D eigenvalue weighted by molar-refractivity contribution is -0.118. The highest BCUT2D eigenvalue weighted by Crippen LogP contribution is 2.47. The number of benzene rings is 2. The fourth-order valence-electron chi connectivity index (χ4n) is 4.51. The number of para-hydroxylation sites is 1. The number of ketones is 1. The van der Waals surface area contributed by atoms with E-state index in [1.807, 2.05) is 31.2 Å².